The van der Waals surface area contributed by atoms with Gasteiger partial charge in [0, 0.05) is 26.2 Å². The number of nitrogens with zero attached hydrogens (tertiary/aromatic N) is 1. The number of amides is 2. The second kappa shape index (κ2) is 7.45. The van der Waals surface area contributed by atoms with E-state index in [4.69, 9.17) is 10.5 Å². The van der Waals surface area contributed by atoms with Crippen LogP contribution >= 0.6 is 0 Å². The molecular formula is C13H25N3O3. The van der Waals surface area contributed by atoms with Crippen LogP contribution in [0.15, 0.2) is 0 Å². The smallest absolute Gasteiger partial charge is 0.248 e. The van der Waals surface area contributed by atoms with Crippen LogP contribution in [0.5, 0.6) is 0 Å². The number of likely N-dealkylation sites (tertiary alicyclic amines) is 1. The minimum atomic E-state index is -0.465. The summed E-state index contributed by atoms with van der Waals surface area (Å²) in [6.07, 6.45) is 1.54. The Morgan fingerprint density at radius 1 is 1.37 bits per heavy atom. The molecule has 0 unspecified atom stereocenters. The molecule has 0 aliphatic carbocycles. The third-order valence-corrected chi connectivity index (χ3v) is 3.48. The van der Waals surface area contributed by atoms with Crippen LogP contribution in [0.3, 0.4) is 0 Å². The van der Waals surface area contributed by atoms with Gasteiger partial charge < -0.3 is 20.7 Å². The van der Waals surface area contributed by atoms with Crippen molar-refractivity contribution in [3.63, 3.8) is 0 Å². The van der Waals surface area contributed by atoms with Crippen LogP contribution in [0, 0.1) is 5.92 Å². The molecule has 6 nitrogen and oxygen atoms in total. The summed E-state index contributed by atoms with van der Waals surface area (Å²) in [5.41, 5.74) is 5.80. The predicted molar refractivity (Wildman–Crippen MR) is 72.4 cm³/mol. The summed E-state index contributed by atoms with van der Waals surface area (Å²) in [5.74, 6) is 0.0335. The van der Waals surface area contributed by atoms with Gasteiger partial charge >= 0.3 is 0 Å². The molecule has 0 aromatic heterocycles. The molecule has 1 atom stereocenters. The minimum Gasteiger partial charge on any atom is -0.375 e. The van der Waals surface area contributed by atoms with Crippen LogP contribution in [0.4, 0.5) is 0 Å². The highest BCUT2D eigenvalue weighted by atomic mass is 16.5. The van der Waals surface area contributed by atoms with Crippen molar-refractivity contribution < 1.29 is 14.3 Å². The quantitative estimate of drug-likeness (QED) is 0.720. The van der Waals surface area contributed by atoms with Crippen LogP contribution in [0.1, 0.15) is 26.7 Å². The molecule has 3 N–H and O–H groups in total. The maximum absolute atomic E-state index is 11.8. The third kappa shape index (κ3) is 4.80. The van der Waals surface area contributed by atoms with Crippen molar-refractivity contribution >= 4 is 11.8 Å². The molecule has 0 bridgehead atoms. The van der Waals surface area contributed by atoms with Gasteiger partial charge in [-0.1, -0.05) is 13.8 Å². The van der Waals surface area contributed by atoms with Gasteiger partial charge in [0.2, 0.25) is 11.8 Å². The van der Waals surface area contributed by atoms with Crippen LogP contribution in [0.2, 0.25) is 0 Å². The fourth-order valence-corrected chi connectivity index (χ4v) is 2.09. The molecule has 0 saturated carbocycles. The van der Waals surface area contributed by atoms with Crippen molar-refractivity contribution in [3.8, 4) is 0 Å². The number of methoxy groups -OCH3 is 1. The lowest BCUT2D eigenvalue weighted by molar-refractivity contribution is -0.136. The summed E-state index contributed by atoms with van der Waals surface area (Å²) in [6, 6.07) is -0.350. The average Bonchev–Trinajstić information content (AvgIpc) is 2.38. The first-order chi connectivity index (χ1) is 8.95. The number of carbonyl (C=O) groups is 2. The molecule has 0 aromatic carbocycles. The Morgan fingerprint density at radius 3 is 2.42 bits per heavy atom. The van der Waals surface area contributed by atoms with E-state index < -0.39 is 6.04 Å². The summed E-state index contributed by atoms with van der Waals surface area (Å²) in [5, 5.41) is 2.96. The Kier molecular flexibility index (Phi) is 6.24. The van der Waals surface area contributed by atoms with E-state index in [1.807, 2.05) is 13.8 Å². The molecule has 0 radical (unpaired) electrons. The fourth-order valence-electron chi connectivity index (χ4n) is 2.09. The maximum atomic E-state index is 11.8. The zero-order valence-electron chi connectivity index (χ0n) is 12.0. The lowest BCUT2D eigenvalue weighted by atomic mass is 10.0. The van der Waals surface area contributed by atoms with E-state index in [9.17, 15) is 9.59 Å². The summed E-state index contributed by atoms with van der Waals surface area (Å²) < 4.78 is 4.83. The number of rotatable bonds is 5. The number of hydrogen-bond donors (Lipinski definition) is 2. The Morgan fingerprint density at radius 2 is 1.95 bits per heavy atom. The van der Waals surface area contributed by atoms with Crippen molar-refractivity contribution in [2.24, 2.45) is 11.7 Å². The van der Waals surface area contributed by atoms with Crippen molar-refractivity contribution in [3.05, 3.63) is 0 Å². The third-order valence-electron chi connectivity index (χ3n) is 3.48. The van der Waals surface area contributed by atoms with E-state index in [0.29, 0.717) is 13.1 Å². The summed E-state index contributed by atoms with van der Waals surface area (Å²) in [7, 11) is 1.51. The van der Waals surface area contributed by atoms with Crippen LogP contribution < -0.4 is 11.1 Å². The van der Waals surface area contributed by atoms with Gasteiger partial charge in [-0.2, -0.15) is 0 Å². The van der Waals surface area contributed by atoms with Crippen LogP contribution in [-0.2, 0) is 14.3 Å². The van der Waals surface area contributed by atoms with Gasteiger partial charge in [0.05, 0.1) is 6.04 Å². The second-order valence-electron chi connectivity index (χ2n) is 5.37. The lowest BCUT2D eigenvalue weighted by Crippen LogP contribution is -2.52. The van der Waals surface area contributed by atoms with E-state index in [-0.39, 0.29) is 30.4 Å². The van der Waals surface area contributed by atoms with Gasteiger partial charge in [-0.05, 0) is 18.8 Å². The zero-order valence-corrected chi connectivity index (χ0v) is 12.0. The van der Waals surface area contributed by atoms with Crippen LogP contribution in [0.25, 0.3) is 0 Å². The second-order valence-corrected chi connectivity index (χ2v) is 5.37. The monoisotopic (exact) mass is 271 g/mol. The molecule has 1 rings (SSSR count). The zero-order chi connectivity index (χ0) is 14.4. The summed E-state index contributed by atoms with van der Waals surface area (Å²) in [4.78, 5) is 25.2. The lowest BCUT2D eigenvalue weighted by Gasteiger charge is -2.33. The Balaban J connectivity index is 2.34. The first-order valence-corrected chi connectivity index (χ1v) is 6.78. The summed E-state index contributed by atoms with van der Waals surface area (Å²) in [6.45, 7) is 5.29. The SMILES string of the molecule is COCC(=O)N1CCC(NC(=O)[C@H](N)C(C)C)CC1. The molecule has 1 aliphatic rings. The predicted octanol–water partition coefficient (Wildman–Crippen LogP) is -0.277. The highest BCUT2D eigenvalue weighted by Gasteiger charge is 2.25. The van der Waals surface area contributed by atoms with E-state index >= 15 is 0 Å². The molecular weight excluding hydrogens is 246 g/mol. The van der Waals surface area contributed by atoms with Crippen molar-refractivity contribution in [1.29, 1.82) is 0 Å². The number of ether oxygens (including phenoxy) is 1. The topological polar surface area (TPSA) is 84.7 Å². The fraction of sp³-hybridized carbons (Fsp3) is 0.846. The summed E-state index contributed by atoms with van der Waals surface area (Å²) >= 11 is 0. The molecule has 0 aromatic rings. The normalized spacial score (nSPS) is 18.5. The van der Waals surface area contributed by atoms with Crippen LogP contribution in [-0.4, -0.2) is 55.6 Å². The Labute approximate surface area is 114 Å². The average molecular weight is 271 g/mol. The van der Waals surface area contributed by atoms with Crippen molar-refractivity contribution in [2.75, 3.05) is 26.8 Å². The van der Waals surface area contributed by atoms with Gasteiger partial charge in [-0.25, -0.2) is 0 Å². The standard InChI is InChI=1S/C13H25N3O3/c1-9(2)12(14)13(18)15-10-4-6-16(7-5-10)11(17)8-19-3/h9-10,12H,4-8,14H2,1-3H3,(H,15,18)/t12-/m1/s1. The molecule has 0 spiro atoms. The first kappa shape index (κ1) is 15.9. The maximum Gasteiger partial charge on any atom is 0.248 e. The number of piperidine rings is 1. The van der Waals surface area contributed by atoms with Crippen molar-refractivity contribution in [1.82, 2.24) is 10.2 Å². The molecule has 19 heavy (non-hydrogen) atoms. The van der Waals surface area contributed by atoms with Gasteiger partial charge in [0.25, 0.3) is 0 Å². The van der Waals surface area contributed by atoms with E-state index in [2.05, 4.69) is 5.32 Å². The molecule has 6 heteroatoms. The Hall–Kier alpha value is -1.14. The van der Waals surface area contributed by atoms with Crippen molar-refractivity contribution in [2.45, 2.75) is 38.8 Å². The molecule has 2 amide bonds. The van der Waals surface area contributed by atoms with Gasteiger partial charge in [-0.3, -0.25) is 9.59 Å². The Bertz CT molecular complexity index is 312. The van der Waals surface area contributed by atoms with Gasteiger partial charge in [0.1, 0.15) is 6.61 Å². The molecule has 1 fully saturated rings. The van der Waals surface area contributed by atoms with Gasteiger partial charge in [-0.15, -0.1) is 0 Å². The largest absolute Gasteiger partial charge is 0.375 e. The van der Waals surface area contributed by atoms with E-state index in [0.717, 1.165) is 12.8 Å². The minimum absolute atomic E-state index is 0.00570. The molecule has 1 aliphatic heterocycles. The number of hydrogen-bond acceptors (Lipinski definition) is 4. The molecule has 110 valence electrons. The highest BCUT2D eigenvalue weighted by molar-refractivity contribution is 5.82. The number of nitrogens with one attached hydrogen (secondary N) is 1. The number of nitrogens with two attached hydrogens (primary N) is 1. The molecule has 1 saturated heterocycles. The van der Waals surface area contributed by atoms with E-state index in [1.54, 1.807) is 4.90 Å². The first-order valence-electron chi connectivity index (χ1n) is 6.78. The number of carbonyl (C=O) groups excluding carboxylic acids is 2. The highest BCUT2D eigenvalue weighted by Crippen LogP contribution is 2.11. The van der Waals surface area contributed by atoms with Gasteiger partial charge in [0.15, 0.2) is 0 Å². The molecule has 1 heterocycles. The van der Waals surface area contributed by atoms with E-state index in [1.165, 1.54) is 7.11 Å².